The van der Waals surface area contributed by atoms with Crippen LogP contribution in [-0.4, -0.2) is 26.2 Å². The van der Waals surface area contributed by atoms with Crippen molar-refractivity contribution >= 4 is 5.97 Å². The number of hydrogen-bond donors (Lipinski definition) is 2. The van der Waals surface area contributed by atoms with Gasteiger partial charge in [0.25, 0.3) is 0 Å². The fourth-order valence-electron chi connectivity index (χ4n) is 0.306. The molecule has 0 radical (unpaired) electrons. The van der Waals surface area contributed by atoms with Crippen LogP contribution >= 0.6 is 0 Å². The van der Waals surface area contributed by atoms with Gasteiger partial charge in [0.15, 0.2) is 0 Å². The average Bonchev–Trinajstić information content (AvgIpc) is 2.02. The number of ether oxygens (including phenoxy) is 1. The van der Waals surface area contributed by atoms with E-state index in [1.54, 1.807) is 0 Å². The van der Waals surface area contributed by atoms with E-state index in [-0.39, 0.29) is 11.4 Å². The molecule has 12 heavy (non-hydrogen) atoms. The summed E-state index contributed by atoms with van der Waals surface area (Å²) < 4.78 is 4.48. The molecule has 0 heterocycles. The molecule has 0 fully saturated rings. The molecule has 0 unspecified atom stereocenters. The van der Waals surface area contributed by atoms with Gasteiger partial charge in [-0.05, 0) is 20.8 Å². The zero-order valence-electron chi connectivity index (χ0n) is 8.39. The quantitative estimate of drug-likeness (QED) is 0.556. The SMILES string of the molecule is COC(=O)C(C)(C)C.NCCN. The molecular weight excluding hydrogens is 156 g/mol. The monoisotopic (exact) mass is 176 g/mol. The zero-order valence-corrected chi connectivity index (χ0v) is 8.39. The topological polar surface area (TPSA) is 78.3 Å². The van der Waals surface area contributed by atoms with Gasteiger partial charge in [0.05, 0.1) is 12.5 Å². The van der Waals surface area contributed by atoms with Gasteiger partial charge in [-0.15, -0.1) is 0 Å². The van der Waals surface area contributed by atoms with Gasteiger partial charge in [-0.3, -0.25) is 4.79 Å². The van der Waals surface area contributed by atoms with E-state index in [1.807, 2.05) is 20.8 Å². The molecule has 0 aliphatic carbocycles. The van der Waals surface area contributed by atoms with Crippen molar-refractivity contribution in [2.75, 3.05) is 20.2 Å². The molecule has 0 atom stereocenters. The third-order valence-electron chi connectivity index (χ3n) is 0.964. The lowest BCUT2D eigenvalue weighted by molar-refractivity contribution is -0.149. The van der Waals surface area contributed by atoms with E-state index in [4.69, 9.17) is 11.5 Å². The van der Waals surface area contributed by atoms with Gasteiger partial charge in [-0.1, -0.05) is 0 Å². The van der Waals surface area contributed by atoms with Crippen molar-refractivity contribution in [3.05, 3.63) is 0 Å². The van der Waals surface area contributed by atoms with E-state index in [1.165, 1.54) is 7.11 Å². The molecule has 0 bridgehead atoms. The number of esters is 1. The second kappa shape index (κ2) is 7.06. The van der Waals surface area contributed by atoms with Crippen LogP contribution in [0.15, 0.2) is 0 Å². The molecule has 0 saturated carbocycles. The van der Waals surface area contributed by atoms with E-state index in [0.717, 1.165) is 0 Å². The first-order valence-electron chi connectivity index (χ1n) is 3.88. The van der Waals surface area contributed by atoms with Crippen molar-refractivity contribution in [2.24, 2.45) is 16.9 Å². The first-order chi connectivity index (χ1) is 5.40. The van der Waals surface area contributed by atoms with Gasteiger partial charge >= 0.3 is 5.97 Å². The van der Waals surface area contributed by atoms with Gasteiger partial charge in [-0.25, -0.2) is 0 Å². The molecule has 0 saturated heterocycles. The van der Waals surface area contributed by atoms with Crippen molar-refractivity contribution in [3.63, 3.8) is 0 Å². The third kappa shape index (κ3) is 9.39. The summed E-state index contributed by atoms with van der Waals surface area (Å²) in [5, 5.41) is 0. The smallest absolute Gasteiger partial charge is 0.310 e. The van der Waals surface area contributed by atoms with Crippen LogP contribution in [0.4, 0.5) is 0 Å². The molecule has 4 nitrogen and oxygen atoms in total. The molecule has 0 aromatic heterocycles. The largest absolute Gasteiger partial charge is 0.469 e. The van der Waals surface area contributed by atoms with Crippen LogP contribution in [0.3, 0.4) is 0 Å². The van der Waals surface area contributed by atoms with Crippen LogP contribution in [-0.2, 0) is 9.53 Å². The molecule has 0 aromatic carbocycles. The Morgan fingerprint density at radius 2 is 1.58 bits per heavy atom. The predicted molar refractivity (Wildman–Crippen MR) is 49.6 cm³/mol. The van der Waals surface area contributed by atoms with Crippen LogP contribution in [0.2, 0.25) is 0 Å². The van der Waals surface area contributed by atoms with Crippen molar-refractivity contribution < 1.29 is 9.53 Å². The summed E-state index contributed by atoms with van der Waals surface area (Å²) in [6.45, 7) is 6.65. The van der Waals surface area contributed by atoms with E-state index >= 15 is 0 Å². The third-order valence-corrected chi connectivity index (χ3v) is 0.964. The van der Waals surface area contributed by atoms with Crippen molar-refractivity contribution in [3.8, 4) is 0 Å². The molecule has 4 heteroatoms. The van der Waals surface area contributed by atoms with E-state index in [0.29, 0.717) is 13.1 Å². The lowest BCUT2D eigenvalue weighted by Gasteiger charge is -2.13. The van der Waals surface area contributed by atoms with Crippen LogP contribution in [0.5, 0.6) is 0 Å². The number of rotatable bonds is 1. The van der Waals surface area contributed by atoms with Crippen LogP contribution in [0.1, 0.15) is 20.8 Å². The van der Waals surface area contributed by atoms with E-state index in [2.05, 4.69) is 4.74 Å². The second-order valence-corrected chi connectivity index (χ2v) is 3.32. The number of carbonyl (C=O) groups is 1. The van der Waals surface area contributed by atoms with E-state index < -0.39 is 0 Å². The minimum Gasteiger partial charge on any atom is -0.469 e. The maximum Gasteiger partial charge on any atom is 0.310 e. The van der Waals surface area contributed by atoms with Crippen LogP contribution < -0.4 is 11.5 Å². The highest BCUT2D eigenvalue weighted by Gasteiger charge is 2.21. The summed E-state index contributed by atoms with van der Waals surface area (Å²) >= 11 is 0. The molecule has 4 N–H and O–H groups in total. The number of carbonyl (C=O) groups excluding carboxylic acids is 1. The van der Waals surface area contributed by atoms with Crippen LogP contribution in [0.25, 0.3) is 0 Å². The van der Waals surface area contributed by atoms with Crippen LogP contribution in [0, 0.1) is 5.41 Å². The Hall–Kier alpha value is -0.610. The highest BCUT2D eigenvalue weighted by molar-refractivity contribution is 5.75. The molecule has 0 aliphatic rings. The van der Waals surface area contributed by atoms with Gasteiger partial charge in [-0.2, -0.15) is 0 Å². The Bertz CT molecular complexity index is 117. The summed E-state index contributed by atoms with van der Waals surface area (Å²) in [5.41, 5.74) is 9.45. The Morgan fingerprint density at radius 3 is 1.58 bits per heavy atom. The first-order valence-corrected chi connectivity index (χ1v) is 3.88. The van der Waals surface area contributed by atoms with E-state index in [9.17, 15) is 4.79 Å². The lowest BCUT2D eigenvalue weighted by Crippen LogP contribution is -2.21. The minimum absolute atomic E-state index is 0.169. The molecule has 0 rings (SSSR count). The highest BCUT2D eigenvalue weighted by atomic mass is 16.5. The van der Waals surface area contributed by atoms with Crippen molar-refractivity contribution in [1.29, 1.82) is 0 Å². The van der Waals surface area contributed by atoms with Gasteiger partial charge in [0.2, 0.25) is 0 Å². The Balaban J connectivity index is 0. The van der Waals surface area contributed by atoms with Gasteiger partial charge in [0.1, 0.15) is 0 Å². The minimum atomic E-state index is -0.352. The molecular formula is C8H20N2O2. The molecule has 0 aromatic rings. The van der Waals surface area contributed by atoms with Crippen molar-refractivity contribution in [1.82, 2.24) is 0 Å². The fraction of sp³-hybridized carbons (Fsp3) is 0.875. The summed E-state index contributed by atoms with van der Waals surface area (Å²) in [5.74, 6) is -0.169. The predicted octanol–water partition coefficient (Wildman–Crippen LogP) is 0.109. The second-order valence-electron chi connectivity index (χ2n) is 3.32. The first kappa shape index (κ1) is 13.9. The summed E-state index contributed by atoms with van der Waals surface area (Å²) in [6.07, 6.45) is 0. The highest BCUT2D eigenvalue weighted by Crippen LogP contribution is 2.13. The standard InChI is InChI=1S/C6H12O2.C2H8N2/c1-6(2,3)5(7)8-4;3-1-2-4/h1-4H3;1-4H2. The normalized spacial score (nSPS) is 9.83. The van der Waals surface area contributed by atoms with Crippen molar-refractivity contribution in [2.45, 2.75) is 20.8 Å². The lowest BCUT2D eigenvalue weighted by atomic mass is 9.98. The number of hydrogen-bond acceptors (Lipinski definition) is 4. The van der Waals surface area contributed by atoms with Gasteiger partial charge < -0.3 is 16.2 Å². The molecule has 0 spiro atoms. The fourth-order valence-corrected chi connectivity index (χ4v) is 0.306. The Kier molecular flexibility index (Phi) is 8.21. The summed E-state index contributed by atoms with van der Waals surface area (Å²) in [4.78, 5) is 10.6. The maximum atomic E-state index is 10.6. The Morgan fingerprint density at radius 1 is 1.25 bits per heavy atom. The zero-order chi connectivity index (χ0) is 10.2. The summed E-state index contributed by atoms with van der Waals surface area (Å²) in [6, 6.07) is 0. The Labute approximate surface area is 74.3 Å². The summed E-state index contributed by atoms with van der Waals surface area (Å²) in [7, 11) is 1.40. The average molecular weight is 176 g/mol. The number of methoxy groups -OCH3 is 1. The maximum absolute atomic E-state index is 10.6. The molecule has 0 aliphatic heterocycles. The molecule has 0 amide bonds. The van der Waals surface area contributed by atoms with Gasteiger partial charge in [0, 0.05) is 13.1 Å². The molecule has 74 valence electrons. The number of nitrogens with two attached hydrogens (primary N) is 2.